The van der Waals surface area contributed by atoms with Crippen molar-refractivity contribution in [2.24, 2.45) is 0 Å². The van der Waals surface area contributed by atoms with Crippen molar-refractivity contribution in [3.63, 3.8) is 0 Å². The molecular formula is C15H17ClN2. The first-order valence-electron chi connectivity index (χ1n) is 5.92. The Balaban J connectivity index is 2.16. The van der Waals surface area contributed by atoms with Crippen LogP contribution in [0.4, 0.5) is 11.4 Å². The van der Waals surface area contributed by atoms with E-state index in [0.29, 0.717) is 10.7 Å². The van der Waals surface area contributed by atoms with Crippen LogP contribution in [-0.2, 0) is 6.54 Å². The minimum absolute atomic E-state index is 0.591. The summed E-state index contributed by atoms with van der Waals surface area (Å²) in [5, 5.41) is 3.99. The third-order valence-corrected chi connectivity index (χ3v) is 3.40. The van der Waals surface area contributed by atoms with E-state index in [0.717, 1.165) is 17.8 Å². The van der Waals surface area contributed by atoms with Gasteiger partial charge in [0.05, 0.1) is 10.7 Å². The normalized spacial score (nSPS) is 10.4. The summed E-state index contributed by atoms with van der Waals surface area (Å²) < 4.78 is 0. The fourth-order valence-electron chi connectivity index (χ4n) is 1.89. The molecule has 0 amide bonds. The molecule has 2 rings (SSSR count). The van der Waals surface area contributed by atoms with Crippen molar-refractivity contribution in [2.75, 3.05) is 11.1 Å². The van der Waals surface area contributed by atoms with Crippen LogP contribution in [0.25, 0.3) is 0 Å². The Morgan fingerprint density at radius 3 is 2.56 bits per heavy atom. The maximum atomic E-state index is 6.03. The third kappa shape index (κ3) is 2.77. The van der Waals surface area contributed by atoms with E-state index < -0.39 is 0 Å². The number of hydrogen-bond acceptors (Lipinski definition) is 2. The van der Waals surface area contributed by atoms with E-state index in [1.54, 1.807) is 0 Å². The summed E-state index contributed by atoms with van der Waals surface area (Å²) in [6, 6.07) is 12.1. The monoisotopic (exact) mass is 260 g/mol. The molecule has 0 bridgehead atoms. The van der Waals surface area contributed by atoms with E-state index in [2.05, 4.69) is 24.4 Å². The fraction of sp³-hybridized carbons (Fsp3) is 0.200. The van der Waals surface area contributed by atoms with Gasteiger partial charge in [-0.25, -0.2) is 0 Å². The molecule has 2 aromatic rings. The van der Waals surface area contributed by atoms with E-state index in [1.165, 1.54) is 11.1 Å². The Hall–Kier alpha value is -1.67. The van der Waals surface area contributed by atoms with Crippen LogP contribution in [0.3, 0.4) is 0 Å². The largest absolute Gasteiger partial charge is 0.398 e. The Morgan fingerprint density at radius 1 is 1.11 bits per heavy atom. The summed E-state index contributed by atoms with van der Waals surface area (Å²) in [6.45, 7) is 4.92. The molecule has 2 aromatic carbocycles. The zero-order chi connectivity index (χ0) is 13.1. The molecular weight excluding hydrogens is 244 g/mol. The molecule has 0 saturated heterocycles. The zero-order valence-electron chi connectivity index (χ0n) is 10.6. The zero-order valence-corrected chi connectivity index (χ0v) is 11.4. The Kier molecular flexibility index (Phi) is 3.78. The molecule has 0 radical (unpaired) electrons. The molecule has 94 valence electrons. The highest BCUT2D eigenvalue weighted by atomic mass is 35.5. The number of hydrogen-bond donors (Lipinski definition) is 2. The smallest absolute Gasteiger partial charge is 0.0656 e. The van der Waals surface area contributed by atoms with E-state index in [1.807, 2.05) is 31.2 Å². The van der Waals surface area contributed by atoms with Gasteiger partial charge in [-0.3, -0.25) is 0 Å². The van der Waals surface area contributed by atoms with Crippen molar-refractivity contribution in [1.29, 1.82) is 0 Å². The SMILES string of the molecule is Cc1ccccc1CNc1cc(Cl)c(N)cc1C. The van der Waals surface area contributed by atoms with Gasteiger partial charge >= 0.3 is 0 Å². The first-order chi connectivity index (χ1) is 8.58. The second kappa shape index (κ2) is 5.32. The molecule has 0 aromatic heterocycles. The van der Waals surface area contributed by atoms with Gasteiger partial charge in [-0.2, -0.15) is 0 Å². The van der Waals surface area contributed by atoms with Crippen LogP contribution in [0.1, 0.15) is 16.7 Å². The predicted octanol–water partition coefficient (Wildman–Crippen LogP) is 4.15. The lowest BCUT2D eigenvalue weighted by molar-refractivity contribution is 1.11. The summed E-state index contributed by atoms with van der Waals surface area (Å²) in [4.78, 5) is 0. The fourth-order valence-corrected chi connectivity index (χ4v) is 2.06. The van der Waals surface area contributed by atoms with Crippen LogP contribution in [0.5, 0.6) is 0 Å². The number of halogens is 1. The first-order valence-corrected chi connectivity index (χ1v) is 6.29. The molecule has 0 aliphatic rings. The van der Waals surface area contributed by atoms with E-state index in [-0.39, 0.29) is 0 Å². The quantitative estimate of drug-likeness (QED) is 0.814. The van der Waals surface area contributed by atoms with Crippen LogP contribution in [-0.4, -0.2) is 0 Å². The lowest BCUT2D eigenvalue weighted by Gasteiger charge is -2.12. The highest BCUT2D eigenvalue weighted by Crippen LogP contribution is 2.27. The third-order valence-electron chi connectivity index (χ3n) is 3.07. The topological polar surface area (TPSA) is 38.0 Å². The van der Waals surface area contributed by atoms with Gasteiger partial charge in [-0.1, -0.05) is 35.9 Å². The summed E-state index contributed by atoms with van der Waals surface area (Å²) in [6.07, 6.45) is 0. The van der Waals surface area contributed by atoms with Gasteiger partial charge in [0, 0.05) is 12.2 Å². The average molecular weight is 261 g/mol. The molecule has 0 fully saturated rings. The molecule has 0 atom stereocenters. The van der Waals surface area contributed by atoms with Gasteiger partial charge < -0.3 is 11.1 Å². The van der Waals surface area contributed by atoms with Crippen molar-refractivity contribution in [3.05, 3.63) is 58.1 Å². The standard InChI is InChI=1S/C15H17ClN2/c1-10-5-3-4-6-12(10)9-18-15-8-13(16)14(17)7-11(15)2/h3-8,18H,9,17H2,1-2H3. The molecule has 0 aliphatic heterocycles. The van der Waals surface area contributed by atoms with Gasteiger partial charge in [0.25, 0.3) is 0 Å². The highest BCUT2D eigenvalue weighted by molar-refractivity contribution is 6.33. The first kappa shape index (κ1) is 12.8. The minimum Gasteiger partial charge on any atom is -0.398 e. The summed E-state index contributed by atoms with van der Waals surface area (Å²) in [5.74, 6) is 0. The lowest BCUT2D eigenvalue weighted by atomic mass is 10.1. The number of aryl methyl sites for hydroxylation is 2. The summed E-state index contributed by atoms with van der Waals surface area (Å²) in [7, 11) is 0. The molecule has 0 saturated carbocycles. The molecule has 3 heteroatoms. The maximum absolute atomic E-state index is 6.03. The van der Waals surface area contributed by atoms with Crippen molar-refractivity contribution < 1.29 is 0 Å². The van der Waals surface area contributed by atoms with Crippen LogP contribution in [0.15, 0.2) is 36.4 Å². The number of nitrogens with one attached hydrogen (secondary N) is 1. The molecule has 0 spiro atoms. The van der Waals surface area contributed by atoms with Crippen LogP contribution in [0, 0.1) is 13.8 Å². The van der Waals surface area contributed by atoms with Gasteiger partial charge in [0.2, 0.25) is 0 Å². The molecule has 18 heavy (non-hydrogen) atoms. The molecule has 0 aliphatic carbocycles. The van der Waals surface area contributed by atoms with Crippen molar-refractivity contribution in [1.82, 2.24) is 0 Å². The van der Waals surface area contributed by atoms with Crippen LogP contribution < -0.4 is 11.1 Å². The van der Waals surface area contributed by atoms with Crippen LogP contribution in [0.2, 0.25) is 5.02 Å². The molecule has 0 heterocycles. The molecule has 2 nitrogen and oxygen atoms in total. The lowest BCUT2D eigenvalue weighted by Crippen LogP contribution is -2.03. The maximum Gasteiger partial charge on any atom is 0.0656 e. The van der Waals surface area contributed by atoms with E-state index >= 15 is 0 Å². The van der Waals surface area contributed by atoms with Gasteiger partial charge in [-0.15, -0.1) is 0 Å². The number of anilines is 2. The highest BCUT2D eigenvalue weighted by Gasteiger charge is 2.04. The van der Waals surface area contributed by atoms with Gasteiger partial charge in [0.15, 0.2) is 0 Å². The number of benzene rings is 2. The Labute approximate surface area is 113 Å². The second-order valence-electron chi connectivity index (χ2n) is 4.47. The van der Waals surface area contributed by atoms with Crippen LogP contribution >= 0.6 is 11.6 Å². The van der Waals surface area contributed by atoms with Gasteiger partial charge in [-0.05, 0) is 42.7 Å². The number of rotatable bonds is 3. The van der Waals surface area contributed by atoms with Crippen molar-refractivity contribution in [2.45, 2.75) is 20.4 Å². The minimum atomic E-state index is 0.591. The summed E-state index contributed by atoms with van der Waals surface area (Å²) in [5.41, 5.74) is 11.1. The average Bonchev–Trinajstić information content (AvgIpc) is 2.34. The van der Waals surface area contributed by atoms with Crippen molar-refractivity contribution in [3.8, 4) is 0 Å². The Morgan fingerprint density at radius 2 is 1.83 bits per heavy atom. The second-order valence-corrected chi connectivity index (χ2v) is 4.88. The van der Waals surface area contributed by atoms with E-state index in [9.17, 15) is 0 Å². The molecule has 0 unspecified atom stereocenters. The Bertz CT molecular complexity index is 564. The number of nitrogens with two attached hydrogens (primary N) is 1. The number of nitrogen functional groups attached to an aromatic ring is 1. The summed E-state index contributed by atoms with van der Waals surface area (Å²) >= 11 is 6.03. The predicted molar refractivity (Wildman–Crippen MR) is 79.1 cm³/mol. The molecule has 3 N–H and O–H groups in total. The van der Waals surface area contributed by atoms with E-state index in [4.69, 9.17) is 17.3 Å². The van der Waals surface area contributed by atoms with Crippen molar-refractivity contribution >= 4 is 23.0 Å². The van der Waals surface area contributed by atoms with Gasteiger partial charge in [0.1, 0.15) is 0 Å².